The molecule has 76 valence electrons. The predicted octanol–water partition coefficient (Wildman–Crippen LogP) is 1.39. The summed E-state index contributed by atoms with van der Waals surface area (Å²) in [6.45, 7) is 3.02. The fourth-order valence-electron chi connectivity index (χ4n) is 1.15. The number of nitrogens with two attached hydrogens (primary N) is 1. The second-order valence-corrected chi connectivity index (χ2v) is 3.49. The van der Waals surface area contributed by atoms with Gasteiger partial charge < -0.3 is 10.8 Å². The molecule has 3 N–H and O–H groups in total. The maximum absolute atomic E-state index is 13.3. The molecule has 0 aliphatic heterocycles. The standard InChI is InChI=1S/C10H12FNO2/c1-6-3-4-8(11)7(5-6)10(2,12)9(13)14/h3-5H,12H2,1-2H3,(H,13,14)/t10-/m0/s1. The number of carboxylic acids is 1. The van der Waals surface area contributed by atoms with Crippen molar-refractivity contribution < 1.29 is 14.3 Å². The van der Waals surface area contributed by atoms with Crippen LogP contribution in [0.4, 0.5) is 4.39 Å². The smallest absolute Gasteiger partial charge is 0.328 e. The Morgan fingerprint density at radius 3 is 2.64 bits per heavy atom. The normalized spacial score (nSPS) is 14.9. The van der Waals surface area contributed by atoms with Gasteiger partial charge in [-0.3, -0.25) is 0 Å². The van der Waals surface area contributed by atoms with Gasteiger partial charge in [-0.25, -0.2) is 9.18 Å². The van der Waals surface area contributed by atoms with Crippen molar-refractivity contribution in [3.8, 4) is 0 Å². The average Bonchev–Trinajstić information content (AvgIpc) is 2.08. The highest BCUT2D eigenvalue weighted by Crippen LogP contribution is 2.22. The maximum Gasteiger partial charge on any atom is 0.328 e. The molecule has 14 heavy (non-hydrogen) atoms. The molecular weight excluding hydrogens is 185 g/mol. The fourth-order valence-corrected chi connectivity index (χ4v) is 1.15. The van der Waals surface area contributed by atoms with E-state index in [1.165, 1.54) is 19.1 Å². The van der Waals surface area contributed by atoms with Crippen molar-refractivity contribution in [3.63, 3.8) is 0 Å². The summed E-state index contributed by atoms with van der Waals surface area (Å²) in [7, 11) is 0. The van der Waals surface area contributed by atoms with Crippen LogP contribution in [-0.4, -0.2) is 11.1 Å². The molecule has 0 spiro atoms. The Hall–Kier alpha value is -1.42. The van der Waals surface area contributed by atoms with Crippen LogP contribution < -0.4 is 5.73 Å². The van der Waals surface area contributed by atoms with Crippen molar-refractivity contribution in [1.29, 1.82) is 0 Å². The topological polar surface area (TPSA) is 63.3 Å². The molecule has 0 radical (unpaired) electrons. The molecule has 0 saturated heterocycles. The molecule has 0 unspecified atom stereocenters. The zero-order valence-corrected chi connectivity index (χ0v) is 8.04. The largest absolute Gasteiger partial charge is 0.480 e. The Balaban J connectivity index is 3.31. The van der Waals surface area contributed by atoms with Crippen molar-refractivity contribution >= 4 is 5.97 Å². The molecule has 4 heteroatoms. The van der Waals surface area contributed by atoms with Gasteiger partial charge in [-0.15, -0.1) is 0 Å². The minimum absolute atomic E-state index is 0.00463. The molecule has 0 aromatic heterocycles. The number of benzene rings is 1. The first kappa shape index (κ1) is 10.7. The molecule has 1 atom stereocenters. The van der Waals surface area contributed by atoms with Gasteiger partial charge in [0.05, 0.1) is 0 Å². The zero-order chi connectivity index (χ0) is 10.9. The highest BCUT2D eigenvalue weighted by atomic mass is 19.1. The van der Waals surface area contributed by atoms with Gasteiger partial charge in [0.1, 0.15) is 11.4 Å². The van der Waals surface area contributed by atoms with E-state index in [0.717, 1.165) is 5.56 Å². The Labute approximate surface area is 81.4 Å². The minimum Gasteiger partial charge on any atom is -0.480 e. The lowest BCUT2D eigenvalue weighted by Gasteiger charge is -2.20. The first-order chi connectivity index (χ1) is 6.35. The molecule has 0 fully saturated rings. The number of halogens is 1. The van der Waals surface area contributed by atoms with Gasteiger partial charge in [-0.05, 0) is 19.9 Å². The van der Waals surface area contributed by atoms with E-state index in [4.69, 9.17) is 10.8 Å². The zero-order valence-electron chi connectivity index (χ0n) is 8.04. The summed E-state index contributed by atoms with van der Waals surface area (Å²) in [6.07, 6.45) is 0. The Morgan fingerprint density at radius 2 is 2.14 bits per heavy atom. The summed E-state index contributed by atoms with van der Waals surface area (Å²) in [5, 5.41) is 8.82. The van der Waals surface area contributed by atoms with Gasteiger partial charge in [0.25, 0.3) is 0 Å². The van der Waals surface area contributed by atoms with Gasteiger partial charge in [0, 0.05) is 5.56 Å². The first-order valence-electron chi connectivity index (χ1n) is 4.14. The van der Waals surface area contributed by atoms with Crippen LogP contribution in [0.3, 0.4) is 0 Å². The number of aliphatic carboxylic acids is 1. The molecule has 1 rings (SSSR count). The maximum atomic E-state index is 13.3. The van der Waals surface area contributed by atoms with E-state index >= 15 is 0 Å². The van der Waals surface area contributed by atoms with Crippen molar-refractivity contribution in [1.82, 2.24) is 0 Å². The molecular formula is C10H12FNO2. The van der Waals surface area contributed by atoms with Gasteiger partial charge >= 0.3 is 5.97 Å². The minimum atomic E-state index is -1.68. The number of hydrogen-bond acceptors (Lipinski definition) is 2. The summed E-state index contributed by atoms with van der Waals surface area (Å²) in [5.41, 5.74) is 4.61. The molecule has 0 aliphatic carbocycles. The fraction of sp³-hybridized carbons (Fsp3) is 0.300. The van der Waals surface area contributed by atoms with Crippen molar-refractivity contribution in [2.75, 3.05) is 0 Å². The Morgan fingerprint density at radius 1 is 1.57 bits per heavy atom. The molecule has 0 heterocycles. The lowest BCUT2D eigenvalue weighted by molar-refractivity contribution is -0.143. The summed E-state index contributed by atoms with van der Waals surface area (Å²) >= 11 is 0. The van der Waals surface area contributed by atoms with Crippen LogP contribution in [0.25, 0.3) is 0 Å². The van der Waals surface area contributed by atoms with E-state index in [2.05, 4.69) is 0 Å². The molecule has 0 aliphatic rings. The quantitative estimate of drug-likeness (QED) is 0.753. The van der Waals surface area contributed by atoms with Crippen molar-refractivity contribution in [2.24, 2.45) is 5.73 Å². The average molecular weight is 197 g/mol. The highest BCUT2D eigenvalue weighted by molar-refractivity contribution is 5.80. The summed E-state index contributed by atoms with van der Waals surface area (Å²) < 4.78 is 13.3. The predicted molar refractivity (Wildman–Crippen MR) is 50.3 cm³/mol. The van der Waals surface area contributed by atoms with E-state index < -0.39 is 17.3 Å². The molecule has 3 nitrogen and oxygen atoms in total. The van der Waals surface area contributed by atoms with E-state index in [-0.39, 0.29) is 5.56 Å². The molecule has 0 amide bonds. The number of carbonyl (C=O) groups is 1. The summed E-state index contributed by atoms with van der Waals surface area (Å²) in [5.74, 6) is -1.84. The third-order valence-electron chi connectivity index (χ3n) is 2.13. The second kappa shape index (κ2) is 3.38. The van der Waals surface area contributed by atoms with E-state index in [9.17, 15) is 9.18 Å². The van der Waals surface area contributed by atoms with Gasteiger partial charge in [-0.1, -0.05) is 17.7 Å². The van der Waals surface area contributed by atoms with E-state index in [1.807, 2.05) is 0 Å². The third-order valence-corrected chi connectivity index (χ3v) is 2.13. The van der Waals surface area contributed by atoms with Gasteiger partial charge in [-0.2, -0.15) is 0 Å². The number of carboxylic acid groups (broad SMARTS) is 1. The molecule has 0 bridgehead atoms. The Kier molecular flexibility index (Phi) is 2.57. The van der Waals surface area contributed by atoms with Crippen molar-refractivity contribution in [2.45, 2.75) is 19.4 Å². The number of hydrogen-bond donors (Lipinski definition) is 2. The second-order valence-electron chi connectivity index (χ2n) is 3.49. The molecule has 1 aromatic rings. The number of rotatable bonds is 2. The van der Waals surface area contributed by atoms with Crippen LogP contribution in [0.5, 0.6) is 0 Å². The van der Waals surface area contributed by atoms with E-state index in [1.54, 1.807) is 13.0 Å². The van der Waals surface area contributed by atoms with Crippen LogP contribution in [0.2, 0.25) is 0 Å². The molecule has 0 saturated carbocycles. The SMILES string of the molecule is Cc1ccc(F)c([C@](C)(N)C(=O)O)c1. The monoisotopic (exact) mass is 197 g/mol. The van der Waals surface area contributed by atoms with Crippen LogP contribution >= 0.6 is 0 Å². The molecule has 1 aromatic carbocycles. The van der Waals surface area contributed by atoms with Crippen molar-refractivity contribution in [3.05, 3.63) is 35.1 Å². The van der Waals surface area contributed by atoms with Gasteiger partial charge in [0.15, 0.2) is 0 Å². The van der Waals surface area contributed by atoms with Crippen LogP contribution in [0.15, 0.2) is 18.2 Å². The first-order valence-corrected chi connectivity index (χ1v) is 4.14. The van der Waals surface area contributed by atoms with Crippen LogP contribution in [0.1, 0.15) is 18.1 Å². The van der Waals surface area contributed by atoms with Gasteiger partial charge in [0.2, 0.25) is 0 Å². The lowest BCUT2D eigenvalue weighted by Crippen LogP contribution is -2.42. The third kappa shape index (κ3) is 1.75. The highest BCUT2D eigenvalue weighted by Gasteiger charge is 2.32. The summed E-state index contributed by atoms with van der Waals surface area (Å²) in [6, 6.07) is 4.24. The van der Waals surface area contributed by atoms with Crippen LogP contribution in [0, 0.1) is 12.7 Å². The van der Waals surface area contributed by atoms with Crippen LogP contribution in [-0.2, 0) is 10.3 Å². The lowest BCUT2D eigenvalue weighted by atomic mass is 9.92. The number of aryl methyl sites for hydroxylation is 1. The van der Waals surface area contributed by atoms with E-state index in [0.29, 0.717) is 0 Å². The Bertz CT molecular complexity index is 374. The summed E-state index contributed by atoms with van der Waals surface area (Å²) in [4.78, 5) is 10.8.